The van der Waals surface area contributed by atoms with Crippen LogP contribution in [0.2, 0.25) is 0 Å². The normalized spacial score (nSPS) is 36.0. The molecule has 2 amide bonds. The molecular formula is C19H34BN3O4. The molecule has 1 saturated heterocycles. The molecule has 5 N–H and O–H groups in total. The number of hydrogen-bond acceptors (Lipinski definition) is 5. The van der Waals surface area contributed by atoms with Crippen LogP contribution in [0.3, 0.4) is 0 Å². The van der Waals surface area contributed by atoms with Gasteiger partial charge in [0.15, 0.2) is 0 Å². The van der Waals surface area contributed by atoms with E-state index in [0.29, 0.717) is 24.2 Å². The number of hydrogen-bond donors (Lipinski definition) is 3. The second-order valence-electron chi connectivity index (χ2n) is 9.86. The van der Waals surface area contributed by atoms with Crippen LogP contribution in [-0.2, 0) is 18.9 Å². The van der Waals surface area contributed by atoms with E-state index in [2.05, 4.69) is 39.9 Å². The first-order valence-corrected chi connectivity index (χ1v) is 10.1. The summed E-state index contributed by atoms with van der Waals surface area (Å²) in [5.74, 6) is 0.189. The topological polar surface area (TPSA) is 117 Å². The van der Waals surface area contributed by atoms with Crippen LogP contribution in [0.4, 0.5) is 0 Å². The predicted octanol–water partition coefficient (Wildman–Crippen LogP) is 0.988. The van der Waals surface area contributed by atoms with Crippen molar-refractivity contribution in [3.8, 4) is 0 Å². The Kier molecular flexibility index (Phi) is 5.38. The highest BCUT2D eigenvalue weighted by molar-refractivity contribution is 6.47. The lowest BCUT2D eigenvalue weighted by Crippen LogP contribution is -2.65. The van der Waals surface area contributed by atoms with Crippen LogP contribution in [0.1, 0.15) is 60.3 Å². The highest BCUT2D eigenvalue weighted by Gasteiger charge is 2.68. The first-order valence-electron chi connectivity index (χ1n) is 10.1. The van der Waals surface area contributed by atoms with Gasteiger partial charge in [-0.15, -0.1) is 0 Å². The van der Waals surface area contributed by atoms with Crippen molar-refractivity contribution in [1.29, 1.82) is 0 Å². The third kappa shape index (κ3) is 3.63. The molecule has 0 unspecified atom stereocenters. The summed E-state index contributed by atoms with van der Waals surface area (Å²) in [6.07, 6.45) is 2.77. The Bertz CT molecular complexity index is 614. The quantitative estimate of drug-likeness (QED) is 0.571. The molecule has 152 valence electrons. The number of carbonyl (C=O) groups excluding carboxylic acids is 2. The molecule has 1 heterocycles. The van der Waals surface area contributed by atoms with Crippen LogP contribution in [0.25, 0.3) is 0 Å². The molecule has 4 fully saturated rings. The summed E-state index contributed by atoms with van der Waals surface area (Å²) in [7, 11) is -0.498. The number of amides is 2. The molecule has 4 rings (SSSR count). The zero-order valence-corrected chi connectivity index (χ0v) is 17.2. The highest BCUT2D eigenvalue weighted by Crippen LogP contribution is 2.65. The standard InChI is InChI=1S/C19H34BN3O4/c1-10(2)6-15(23-17(25)12(21)9-16(22)24)20-26-14-8-11-7-13(18(11,3)4)19(14,5)27-20/h10-15H,6-9,21H2,1-5H3,(H2,22,24)(H,23,25)/t11-,12+,13-,14-,15+,19+/m1/s1. The van der Waals surface area contributed by atoms with E-state index in [1.807, 2.05) is 0 Å². The maximum absolute atomic E-state index is 12.4. The third-order valence-electron chi connectivity index (χ3n) is 7.11. The van der Waals surface area contributed by atoms with Gasteiger partial charge in [0.2, 0.25) is 11.8 Å². The molecule has 0 aromatic heterocycles. The predicted molar refractivity (Wildman–Crippen MR) is 103 cm³/mol. The molecule has 3 aliphatic carbocycles. The monoisotopic (exact) mass is 379 g/mol. The SMILES string of the molecule is CC(C)C[C@H](NC(=O)[C@@H](N)CC(N)=O)B1O[C@@H]2C[C@H]3C[C@H](C3(C)C)[C@]2(C)O1. The van der Waals surface area contributed by atoms with Crippen LogP contribution >= 0.6 is 0 Å². The van der Waals surface area contributed by atoms with Crippen molar-refractivity contribution in [1.82, 2.24) is 5.32 Å². The first kappa shape index (κ1) is 20.6. The lowest BCUT2D eigenvalue weighted by atomic mass is 9.43. The van der Waals surface area contributed by atoms with Crippen molar-refractivity contribution < 1.29 is 18.9 Å². The largest absolute Gasteiger partial charge is 0.481 e. The Morgan fingerprint density at radius 2 is 1.93 bits per heavy atom. The van der Waals surface area contributed by atoms with Crippen molar-refractivity contribution in [2.45, 2.75) is 84.0 Å². The molecule has 6 atom stereocenters. The van der Waals surface area contributed by atoms with E-state index >= 15 is 0 Å². The smallest absolute Gasteiger partial charge is 0.404 e. The molecule has 8 heteroatoms. The number of rotatable bonds is 7. The Morgan fingerprint density at radius 3 is 2.48 bits per heavy atom. The zero-order valence-electron chi connectivity index (χ0n) is 17.2. The van der Waals surface area contributed by atoms with Gasteiger partial charge in [-0.05, 0) is 49.4 Å². The lowest BCUT2D eigenvalue weighted by Gasteiger charge is -2.64. The third-order valence-corrected chi connectivity index (χ3v) is 7.11. The van der Waals surface area contributed by atoms with Gasteiger partial charge < -0.3 is 26.1 Å². The van der Waals surface area contributed by atoms with Crippen LogP contribution < -0.4 is 16.8 Å². The van der Waals surface area contributed by atoms with Crippen molar-refractivity contribution >= 4 is 18.9 Å². The Morgan fingerprint density at radius 1 is 1.26 bits per heavy atom. The van der Waals surface area contributed by atoms with Gasteiger partial charge in [0.1, 0.15) is 0 Å². The Labute approximate surface area is 162 Å². The molecule has 0 aromatic rings. The van der Waals surface area contributed by atoms with Gasteiger partial charge in [-0.3, -0.25) is 9.59 Å². The van der Waals surface area contributed by atoms with E-state index < -0.39 is 25.0 Å². The minimum absolute atomic E-state index is 0.0603. The maximum atomic E-state index is 12.4. The molecule has 0 radical (unpaired) electrons. The summed E-state index contributed by atoms with van der Waals surface area (Å²) in [6.45, 7) is 11.0. The second-order valence-corrected chi connectivity index (χ2v) is 9.86. The fourth-order valence-electron chi connectivity index (χ4n) is 5.42. The highest BCUT2D eigenvalue weighted by atomic mass is 16.7. The fourth-order valence-corrected chi connectivity index (χ4v) is 5.42. The number of primary amides is 1. The average Bonchev–Trinajstić information content (AvgIpc) is 2.89. The summed E-state index contributed by atoms with van der Waals surface area (Å²) < 4.78 is 12.8. The summed E-state index contributed by atoms with van der Waals surface area (Å²) in [5, 5.41) is 2.95. The Hall–Kier alpha value is -1.12. The van der Waals surface area contributed by atoms with Crippen molar-refractivity contribution in [3.63, 3.8) is 0 Å². The molecule has 1 aliphatic heterocycles. The molecule has 2 bridgehead atoms. The number of nitrogens with one attached hydrogen (secondary N) is 1. The van der Waals surface area contributed by atoms with Crippen LogP contribution in [0, 0.1) is 23.2 Å². The van der Waals surface area contributed by atoms with Gasteiger partial charge in [-0.1, -0.05) is 27.7 Å². The van der Waals surface area contributed by atoms with Gasteiger partial charge >= 0.3 is 7.12 Å². The van der Waals surface area contributed by atoms with Gasteiger partial charge in [-0.25, -0.2) is 0 Å². The lowest BCUT2D eigenvalue weighted by molar-refractivity contribution is -0.199. The summed E-state index contributed by atoms with van der Waals surface area (Å²) >= 11 is 0. The van der Waals surface area contributed by atoms with Crippen LogP contribution in [-0.4, -0.2) is 42.6 Å². The minimum atomic E-state index is -0.955. The Balaban J connectivity index is 1.71. The molecule has 4 aliphatic rings. The van der Waals surface area contributed by atoms with Crippen molar-refractivity contribution in [2.24, 2.45) is 34.6 Å². The molecule has 0 spiro atoms. The first-order chi connectivity index (χ1) is 12.4. The van der Waals surface area contributed by atoms with Crippen LogP contribution in [0.15, 0.2) is 0 Å². The average molecular weight is 379 g/mol. The number of nitrogens with two attached hydrogens (primary N) is 2. The van der Waals surface area contributed by atoms with E-state index in [1.54, 1.807) is 0 Å². The number of carbonyl (C=O) groups is 2. The van der Waals surface area contributed by atoms with Crippen LogP contribution in [0.5, 0.6) is 0 Å². The molecular weight excluding hydrogens is 345 g/mol. The molecule has 7 nitrogen and oxygen atoms in total. The maximum Gasteiger partial charge on any atom is 0.481 e. The van der Waals surface area contributed by atoms with E-state index in [0.717, 1.165) is 6.42 Å². The summed E-state index contributed by atoms with van der Waals surface area (Å²) in [4.78, 5) is 23.5. The van der Waals surface area contributed by atoms with Crippen molar-refractivity contribution in [2.75, 3.05) is 0 Å². The molecule has 0 aromatic carbocycles. The summed E-state index contributed by atoms with van der Waals surface area (Å²) in [6, 6.07) is -0.955. The second kappa shape index (κ2) is 7.05. The van der Waals surface area contributed by atoms with E-state index in [9.17, 15) is 9.59 Å². The van der Waals surface area contributed by atoms with E-state index in [-0.39, 0.29) is 29.5 Å². The fraction of sp³-hybridized carbons (Fsp3) is 0.895. The minimum Gasteiger partial charge on any atom is -0.404 e. The molecule has 27 heavy (non-hydrogen) atoms. The van der Waals surface area contributed by atoms with E-state index in [1.165, 1.54) is 6.42 Å². The van der Waals surface area contributed by atoms with Crippen molar-refractivity contribution in [3.05, 3.63) is 0 Å². The van der Waals surface area contributed by atoms with Gasteiger partial charge in [-0.2, -0.15) is 0 Å². The van der Waals surface area contributed by atoms with Gasteiger partial charge in [0, 0.05) is 0 Å². The van der Waals surface area contributed by atoms with Gasteiger partial charge in [0.05, 0.1) is 30.1 Å². The van der Waals surface area contributed by atoms with E-state index in [4.69, 9.17) is 20.8 Å². The molecule has 3 saturated carbocycles. The van der Waals surface area contributed by atoms with Gasteiger partial charge in [0.25, 0.3) is 0 Å². The summed E-state index contributed by atoms with van der Waals surface area (Å²) in [5.41, 5.74) is 10.9. The zero-order chi connectivity index (χ0) is 20.1.